The fraction of sp³-hybridized carbons (Fsp3) is 0.364. The molecule has 2 aromatic heterocycles. The first-order valence-corrected chi connectivity index (χ1v) is 10.6. The smallest absolute Gasteiger partial charge is 0.339 e. The summed E-state index contributed by atoms with van der Waals surface area (Å²) in [6, 6.07) is 7.39. The molecule has 152 valence electrons. The van der Waals surface area contributed by atoms with Crippen molar-refractivity contribution in [3.05, 3.63) is 63.0 Å². The third-order valence-corrected chi connectivity index (χ3v) is 5.61. The number of hydrogen-bond donors (Lipinski definition) is 0. The van der Waals surface area contributed by atoms with Crippen LogP contribution in [-0.4, -0.2) is 27.9 Å². The van der Waals surface area contributed by atoms with Crippen LogP contribution in [0.4, 0.5) is 0 Å². The van der Waals surface area contributed by atoms with Crippen LogP contribution >= 0.6 is 11.3 Å². The monoisotopic (exact) mass is 412 g/mol. The minimum atomic E-state index is -0.531. The SMILES string of the molecule is CCCCOC(=O)c1csc2ncn(CC(=O)c3ccc(C(C)C)cc3)c(=O)c12. The Bertz CT molecular complexity index is 1080. The fourth-order valence-corrected chi connectivity index (χ4v) is 3.78. The van der Waals surface area contributed by atoms with E-state index in [-0.39, 0.29) is 23.3 Å². The van der Waals surface area contributed by atoms with Crippen LogP contribution < -0.4 is 5.56 Å². The van der Waals surface area contributed by atoms with Gasteiger partial charge < -0.3 is 4.74 Å². The number of thiophene rings is 1. The Hall–Kier alpha value is -2.80. The Morgan fingerprint density at radius 1 is 1.21 bits per heavy atom. The Labute approximate surface area is 173 Å². The summed E-state index contributed by atoms with van der Waals surface area (Å²) < 4.78 is 6.48. The number of unbranched alkanes of at least 4 members (excludes halogenated alkanes) is 1. The van der Waals surface area contributed by atoms with Crippen molar-refractivity contribution in [3.8, 4) is 0 Å². The molecule has 2 heterocycles. The number of carbonyl (C=O) groups is 2. The van der Waals surface area contributed by atoms with Crippen LogP contribution in [0.15, 0.2) is 40.8 Å². The van der Waals surface area contributed by atoms with Crippen LogP contribution in [0.5, 0.6) is 0 Å². The number of nitrogens with zero attached hydrogens (tertiary/aromatic N) is 2. The quantitative estimate of drug-likeness (QED) is 0.311. The second kappa shape index (κ2) is 9.13. The summed E-state index contributed by atoms with van der Waals surface area (Å²) in [5.41, 5.74) is 1.48. The molecule has 0 N–H and O–H groups in total. The number of rotatable bonds is 8. The van der Waals surface area contributed by atoms with Gasteiger partial charge in [0.1, 0.15) is 4.83 Å². The largest absolute Gasteiger partial charge is 0.462 e. The van der Waals surface area contributed by atoms with E-state index in [0.29, 0.717) is 22.9 Å². The van der Waals surface area contributed by atoms with E-state index in [1.54, 1.807) is 17.5 Å². The van der Waals surface area contributed by atoms with Crippen LogP contribution in [0.1, 0.15) is 65.8 Å². The predicted molar refractivity (Wildman–Crippen MR) is 114 cm³/mol. The molecule has 0 saturated carbocycles. The first-order valence-electron chi connectivity index (χ1n) is 9.69. The van der Waals surface area contributed by atoms with Crippen molar-refractivity contribution < 1.29 is 14.3 Å². The maximum Gasteiger partial charge on any atom is 0.339 e. The first-order chi connectivity index (χ1) is 13.9. The van der Waals surface area contributed by atoms with Gasteiger partial charge in [-0.3, -0.25) is 14.2 Å². The number of benzene rings is 1. The zero-order valence-corrected chi connectivity index (χ0v) is 17.6. The molecule has 0 fully saturated rings. The van der Waals surface area contributed by atoms with Crippen molar-refractivity contribution in [2.45, 2.75) is 46.1 Å². The highest BCUT2D eigenvalue weighted by Crippen LogP contribution is 2.22. The first kappa shape index (κ1) is 20.9. The van der Waals surface area contributed by atoms with Gasteiger partial charge in [-0.25, -0.2) is 9.78 Å². The second-order valence-corrected chi connectivity index (χ2v) is 8.05. The number of esters is 1. The molecule has 0 aliphatic rings. The number of carbonyl (C=O) groups excluding carboxylic acids is 2. The van der Waals surface area contributed by atoms with E-state index >= 15 is 0 Å². The highest BCUT2D eigenvalue weighted by Gasteiger charge is 2.19. The molecule has 0 radical (unpaired) electrons. The number of ketones is 1. The maximum absolute atomic E-state index is 12.9. The number of hydrogen-bond acceptors (Lipinski definition) is 6. The third kappa shape index (κ3) is 4.62. The lowest BCUT2D eigenvalue weighted by Crippen LogP contribution is -2.25. The van der Waals surface area contributed by atoms with E-state index in [1.807, 2.05) is 19.1 Å². The number of aromatic nitrogens is 2. The number of ether oxygens (including phenoxy) is 1. The third-order valence-electron chi connectivity index (χ3n) is 4.72. The molecule has 3 rings (SSSR count). The van der Waals surface area contributed by atoms with Crippen molar-refractivity contribution in [2.24, 2.45) is 0 Å². The lowest BCUT2D eigenvalue weighted by molar-refractivity contribution is 0.0502. The predicted octanol–water partition coefficient (Wildman–Crippen LogP) is 4.42. The Morgan fingerprint density at radius 3 is 2.59 bits per heavy atom. The summed E-state index contributed by atoms with van der Waals surface area (Å²) >= 11 is 1.21. The molecular weight excluding hydrogens is 388 g/mol. The van der Waals surface area contributed by atoms with Gasteiger partial charge >= 0.3 is 5.97 Å². The molecule has 29 heavy (non-hydrogen) atoms. The van der Waals surface area contributed by atoms with Gasteiger partial charge in [0, 0.05) is 10.9 Å². The molecule has 0 saturated heterocycles. The minimum Gasteiger partial charge on any atom is -0.462 e. The molecule has 0 aliphatic carbocycles. The molecule has 0 bridgehead atoms. The second-order valence-electron chi connectivity index (χ2n) is 7.20. The summed E-state index contributed by atoms with van der Waals surface area (Å²) in [5, 5.41) is 1.80. The van der Waals surface area contributed by atoms with Gasteiger partial charge in [-0.15, -0.1) is 11.3 Å². The molecule has 0 unspecified atom stereocenters. The van der Waals surface area contributed by atoms with E-state index < -0.39 is 11.5 Å². The number of Topliss-reactive ketones (excluding diaryl/α,β-unsaturated/α-hetero) is 1. The van der Waals surface area contributed by atoms with Gasteiger partial charge in [0.2, 0.25) is 0 Å². The molecule has 7 heteroatoms. The van der Waals surface area contributed by atoms with Crippen molar-refractivity contribution in [1.29, 1.82) is 0 Å². The van der Waals surface area contributed by atoms with Gasteiger partial charge in [0.15, 0.2) is 5.78 Å². The molecule has 0 amide bonds. The van der Waals surface area contributed by atoms with Gasteiger partial charge in [-0.05, 0) is 17.9 Å². The molecule has 0 aliphatic heterocycles. The van der Waals surface area contributed by atoms with Crippen molar-refractivity contribution in [3.63, 3.8) is 0 Å². The lowest BCUT2D eigenvalue weighted by atomic mass is 10.0. The van der Waals surface area contributed by atoms with E-state index in [1.165, 1.54) is 22.2 Å². The standard InChI is InChI=1S/C22H24N2O4S/c1-4-5-10-28-22(27)17-12-29-20-19(17)21(26)24(13-23-20)11-18(25)16-8-6-15(7-9-16)14(2)3/h6-9,12-14H,4-5,10-11H2,1-3H3. The molecule has 0 atom stereocenters. The fourth-order valence-electron chi connectivity index (χ4n) is 2.92. The van der Waals surface area contributed by atoms with Gasteiger partial charge in [-0.1, -0.05) is 51.5 Å². The maximum atomic E-state index is 12.9. The number of fused-ring (bicyclic) bond motifs is 1. The Morgan fingerprint density at radius 2 is 1.93 bits per heavy atom. The van der Waals surface area contributed by atoms with Gasteiger partial charge in [0.25, 0.3) is 5.56 Å². The molecule has 3 aromatic rings. The van der Waals surface area contributed by atoms with Crippen LogP contribution in [0.25, 0.3) is 10.2 Å². The topological polar surface area (TPSA) is 78.3 Å². The molecule has 1 aromatic carbocycles. The molecule has 0 spiro atoms. The van der Waals surface area contributed by atoms with E-state index in [4.69, 9.17) is 4.74 Å². The molecular formula is C22H24N2O4S. The van der Waals surface area contributed by atoms with Crippen LogP contribution in [0.3, 0.4) is 0 Å². The molecule has 6 nitrogen and oxygen atoms in total. The Balaban J connectivity index is 1.85. The van der Waals surface area contributed by atoms with Crippen molar-refractivity contribution in [2.75, 3.05) is 6.61 Å². The minimum absolute atomic E-state index is 0.136. The summed E-state index contributed by atoms with van der Waals surface area (Å²) in [6.07, 6.45) is 3.03. The highest BCUT2D eigenvalue weighted by molar-refractivity contribution is 7.17. The average Bonchev–Trinajstić information content (AvgIpc) is 3.15. The zero-order chi connectivity index (χ0) is 21.0. The highest BCUT2D eigenvalue weighted by atomic mass is 32.1. The Kier molecular flexibility index (Phi) is 6.59. The van der Waals surface area contributed by atoms with Gasteiger partial charge in [-0.2, -0.15) is 0 Å². The average molecular weight is 413 g/mol. The zero-order valence-electron chi connectivity index (χ0n) is 16.8. The van der Waals surface area contributed by atoms with E-state index in [2.05, 4.69) is 18.8 Å². The summed E-state index contributed by atoms with van der Waals surface area (Å²) in [6.45, 7) is 6.35. The summed E-state index contributed by atoms with van der Waals surface area (Å²) in [5.74, 6) is -0.342. The van der Waals surface area contributed by atoms with Crippen molar-refractivity contribution in [1.82, 2.24) is 9.55 Å². The lowest BCUT2D eigenvalue weighted by Gasteiger charge is -2.08. The summed E-state index contributed by atoms with van der Waals surface area (Å²) in [4.78, 5) is 42.6. The van der Waals surface area contributed by atoms with Crippen LogP contribution in [-0.2, 0) is 11.3 Å². The normalized spacial score (nSPS) is 11.2. The summed E-state index contributed by atoms with van der Waals surface area (Å²) in [7, 11) is 0. The van der Waals surface area contributed by atoms with Crippen LogP contribution in [0.2, 0.25) is 0 Å². The van der Waals surface area contributed by atoms with Gasteiger partial charge in [0.05, 0.1) is 30.4 Å². The van der Waals surface area contributed by atoms with E-state index in [9.17, 15) is 14.4 Å². The van der Waals surface area contributed by atoms with Crippen LogP contribution in [0, 0.1) is 0 Å². The van der Waals surface area contributed by atoms with E-state index in [0.717, 1.165) is 18.4 Å². The van der Waals surface area contributed by atoms with Crippen molar-refractivity contribution >= 4 is 33.3 Å².